The van der Waals surface area contributed by atoms with Crippen LogP contribution in [0.3, 0.4) is 0 Å². The number of pyridine rings is 1. The van der Waals surface area contributed by atoms with E-state index < -0.39 is 0 Å². The zero-order valence-corrected chi connectivity index (χ0v) is 11.7. The van der Waals surface area contributed by atoms with Gasteiger partial charge in [-0.15, -0.1) is 6.58 Å². The van der Waals surface area contributed by atoms with Gasteiger partial charge in [0.1, 0.15) is 10.3 Å². The molecule has 0 spiro atoms. The van der Waals surface area contributed by atoms with Gasteiger partial charge >= 0.3 is 0 Å². The number of nitrogens with zero attached hydrogens (tertiary/aromatic N) is 2. The summed E-state index contributed by atoms with van der Waals surface area (Å²) in [6.45, 7) is 7.87. The molecule has 1 aromatic rings. The van der Waals surface area contributed by atoms with Crippen molar-refractivity contribution in [3.63, 3.8) is 0 Å². The van der Waals surface area contributed by atoms with E-state index in [1.807, 2.05) is 12.1 Å². The van der Waals surface area contributed by atoms with E-state index in [2.05, 4.69) is 21.8 Å². The first-order valence-corrected chi connectivity index (χ1v) is 6.85. The maximum atomic E-state index is 6.21. The summed E-state index contributed by atoms with van der Waals surface area (Å²) in [4.78, 5) is 6.54. The fourth-order valence-corrected chi connectivity index (χ4v) is 2.77. The van der Waals surface area contributed by atoms with Gasteiger partial charge in [-0.25, -0.2) is 4.98 Å². The highest BCUT2D eigenvalue weighted by atomic mass is 35.5. The average Bonchev–Trinajstić information content (AvgIpc) is 2.38. The number of aromatic nitrogens is 1. The van der Waals surface area contributed by atoms with Crippen molar-refractivity contribution in [2.75, 3.05) is 26.2 Å². The third-order valence-electron chi connectivity index (χ3n) is 3.18. The number of nitrogens with one attached hydrogen (secondary N) is 1. The standard InChI is InChI=1S/C13H17Cl2N3/c1-2-3-11(18-8-6-16-7-9-18)10-4-5-12(14)17-13(10)15/h2,4-5,11,16H,1,3,6-9H2/t11-/m1/s1. The van der Waals surface area contributed by atoms with Crippen LogP contribution >= 0.6 is 23.2 Å². The van der Waals surface area contributed by atoms with E-state index in [0.717, 1.165) is 38.2 Å². The van der Waals surface area contributed by atoms with Crippen LogP contribution in [0.2, 0.25) is 10.3 Å². The van der Waals surface area contributed by atoms with E-state index in [4.69, 9.17) is 23.2 Å². The van der Waals surface area contributed by atoms with E-state index in [1.54, 1.807) is 6.07 Å². The zero-order chi connectivity index (χ0) is 13.0. The Labute approximate surface area is 118 Å². The summed E-state index contributed by atoms with van der Waals surface area (Å²) in [6.07, 6.45) is 2.79. The molecule has 1 aliphatic heterocycles. The number of hydrogen-bond donors (Lipinski definition) is 1. The van der Waals surface area contributed by atoms with Gasteiger partial charge in [-0.05, 0) is 12.5 Å². The summed E-state index contributed by atoms with van der Waals surface area (Å²) in [7, 11) is 0. The first-order chi connectivity index (χ1) is 8.72. The summed E-state index contributed by atoms with van der Waals surface area (Å²) >= 11 is 12.1. The molecule has 0 aliphatic carbocycles. The molecule has 0 unspecified atom stereocenters. The fraction of sp³-hybridized carbons (Fsp3) is 0.462. The lowest BCUT2D eigenvalue weighted by atomic mass is 10.0. The molecule has 1 aromatic heterocycles. The third kappa shape index (κ3) is 3.23. The third-order valence-corrected chi connectivity index (χ3v) is 3.70. The largest absolute Gasteiger partial charge is 0.314 e. The Balaban J connectivity index is 2.24. The van der Waals surface area contributed by atoms with Crippen LogP contribution < -0.4 is 5.32 Å². The topological polar surface area (TPSA) is 28.2 Å². The molecule has 98 valence electrons. The van der Waals surface area contributed by atoms with Crippen molar-refractivity contribution >= 4 is 23.2 Å². The summed E-state index contributed by atoms with van der Waals surface area (Å²) in [5, 5.41) is 4.27. The van der Waals surface area contributed by atoms with Gasteiger partial charge < -0.3 is 5.32 Å². The zero-order valence-electron chi connectivity index (χ0n) is 10.2. The van der Waals surface area contributed by atoms with E-state index in [9.17, 15) is 0 Å². The van der Waals surface area contributed by atoms with Crippen LogP contribution in [0.15, 0.2) is 24.8 Å². The monoisotopic (exact) mass is 285 g/mol. The van der Waals surface area contributed by atoms with Crippen LogP contribution in [-0.4, -0.2) is 36.1 Å². The maximum absolute atomic E-state index is 6.21. The SMILES string of the molecule is C=CC[C@H](c1ccc(Cl)nc1Cl)N1CCNCC1. The molecule has 2 rings (SSSR count). The molecule has 1 saturated heterocycles. The molecule has 0 radical (unpaired) electrons. The summed E-state index contributed by atoms with van der Waals surface area (Å²) in [6, 6.07) is 4.00. The highest BCUT2D eigenvalue weighted by Gasteiger charge is 2.23. The molecule has 5 heteroatoms. The van der Waals surface area contributed by atoms with Gasteiger partial charge in [0.2, 0.25) is 0 Å². The van der Waals surface area contributed by atoms with E-state index >= 15 is 0 Å². The summed E-state index contributed by atoms with van der Waals surface area (Å²) < 4.78 is 0. The molecule has 1 N–H and O–H groups in total. The molecular formula is C13H17Cl2N3. The van der Waals surface area contributed by atoms with Crippen LogP contribution in [0.4, 0.5) is 0 Å². The number of piperazine rings is 1. The molecule has 2 heterocycles. The molecule has 1 atom stereocenters. The minimum Gasteiger partial charge on any atom is -0.314 e. The van der Waals surface area contributed by atoms with Gasteiger partial charge in [0, 0.05) is 37.8 Å². The Kier molecular flexibility index (Phi) is 5.01. The van der Waals surface area contributed by atoms with Crippen molar-refractivity contribution in [3.05, 3.63) is 40.7 Å². The lowest BCUT2D eigenvalue weighted by Crippen LogP contribution is -2.45. The van der Waals surface area contributed by atoms with Crippen molar-refractivity contribution in [1.29, 1.82) is 0 Å². The van der Waals surface area contributed by atoms with Crippen molar-refractivity contribution in [3.8, 4) is 0 Å². The van der Waals surface area contributed by atoms with Crippen molar-refractivity contribution in [2.24, 2.45) is 0 Å². The Morgan fingerprint density at radius 3 is 2.72 bits per heavy atom. The minimum absolute atomic E-state index is 0.238. The van der Waals surface area contributed by atoms with Crippen molar-refractivity contribution in [2.45, 2.75) is 12.5 Å². The van der Waals surface area contributed by atoms with E-state index in [1.165, 1.54) is 0 Å². The second-order valence-corrected chi connectivity index (χ2v) is 5.09. The molecule has 1 fully saturated rings. The van der Waals surface area contributed by atoms with Gasteiger partial charge in [-0.1, -0.05) is 35.3 Å². The van der Waals surface area contributed by atoms with Gasteiger partial charge in [-0.2, -0.15) is 0 Å². The van der Waals surface area contributed by atoms with Gasteiger partial charge in [0.05, 0.1) is 0 Å². The summed E-state index contributed by atoms with van der Waals surface area (Å²) in [5.74, 6) is 0. The Morgan fingerprint density at radius 2 is 2.11 bits per heavy atom. The van der Waals surface area contributed by atoms with Crippen LogP contribution in [0, 0.1) is 0 Å². The minimum atomic E-state index is 0.238. The Hall–Kier alpha value is -0.610. The average molecular weight is 286 g/mol. The normalized spacial score (nSPS) is 18.6. The molecule has 18 heavy (non-hydrogen) atoms. The second-order valence-electron chi connectivity index (χ2n) is 4.34. The molecular weight excluding hydrogens is 269 g/mol. The van der Waals surface area contributed by atoms with Crippen LogP contribution in [0.1, 0.15) is 18.0 Å². The Morgan fingerprint density at radius 1 is 1.39 bits per heavy atom. The molecule has 0 amide bonds. The van der Waals surface area contributed by atoms with Crippen LogP contribution in [0.25, 0.3) is 0 Å². The fourth-order valence-electron chi connectivity index (χ4n) is 2.30. The molecule has 0 saturated carbocycles. The number of hydrogen-bond acceptors (Lipinski definition) is 3. The Bertz CT molecular complexity index is 417. The van der Waals surface area contributed by atoms with Crippen molar-refractivity contribution in [1.82, 2.24) is 15.2 Å². The number of halogens is 2. The lowest BCUT2D eigenvalue weighted by molar-refractivity contribution is 0.174. The molecule has 0 aromatic carbocycles. The predicted molar refractivity (Wildman–Crippen MR) is 76.3 cm³/mol. The number of rotatable bonds is 4. The van der Waals surface area contributed by atoms with E-state index in [0.29, 0.717) is 10.3 Å². The second kappa shape index (κ2) is 6.53. The van der Waals surface area contributed by atoms with Gasteiger partial charge in [0.25, 0.3) is 0 Å². The van der Waals surface area contributed by atoms with E-state index in [-0.39, 0.29) is 6.04 Å². The molecule has 3 nitrogen and oxygen atoms in total. The van der Waals surface area contributed by atoms with Crippen molar-refractivity contribution < 1.29 is 0 Å². The maximum Gasteiger partial charge on any atom is 0.135 e. The highest BCUT2D eigenvalue weighted by Crippen LogP contribution is 2.30. The first-order valence-electron chi connectivity index (χ1n) is 6.10. The van der Waals surface area contributed by atoms with Gasteiger partial charge in [0.15, 0.2) is 0 Å². The first kappa shape index (κ1) is 13.8. The molecule has 0 bridgehead atoms. The van der Waals surface area contributed by atoms with Crippen LogP contribution in [-0.2, 0) is 0 Å². The molecule has 1 aliphatic rings. The smallest absolute Gasteiger partial charge is 0.135 e. The van der Waals surface area contributed by atoms with Gasteiger partial charge in [-0.3, -0.25) is 4.90 Å². The highest BCUT2D eigenvalue weighted by molar-refractivity contribution is 6.32. The quantitative estimate of drug-likeness (QED) is 0.681. The van der Waals surface area contributed by atoms with Crippen LogP contribution in [0.5, 0.6) is 0 Å². The predicted octanol–water partition coefficient (Wildman–Crippen LogP) is 2.91. The lowest BCUT2D eigenvalue weighted by Gasteiger charge is -2.35. The summed E-state index contributed by atoms with van der Waals surface area (Å²) in [5.41, 5.74) is 1.03.